The molecule has 3 rings (SSSR count). The molecule has 0 saturated carbocycles. The van der Waals surface area contributed by atoms with Crippen molar-refractivity contribution in [1.29, 1.82) is 0 Å². The summed E-state index contributed by atoms with van der Waals surface area (Å²) in [6.45, 7) is 0.847. The molecule has 0 saturated heterocycles. The van der Waals surface area contributed by atoms with Gasteiger partial charge in [0.1, 0.15) is 0 Å². The lowest BCUT2D eigenvalue weighted by Gasteiger charge is -2.11. The fourth-order valence-corrected chi connectivity index (χ4v) is 5.15. The summed E-state index contributed by atoms with van der Waals surface area (Å²) in [6, 6.07) is 10.5. The lowest BCUT2D eigenvalue weighted by molar-refractivity contribution is 0.0948. The quantitative estimate of drug-likeness (QED) is 0.262. The van der Waals surface area contributed by atoms with Crippen LogP contribution < -0.4 is 15.4 Å². The van der Waals surface area contributed by atoms with Gasteiger partial charge in [-0.3, -0.25) is 19.6 Å². The van der Waals surface area contributed by atoms with E-state index in [0.29, 0.717) is 35.9 Å². The topological polar surface area (TPSA) is 139 Å². The first-order chi connectivity index (χ1) is 16.2. The lowest BCUT2D eigenvalue weighted by atomic mass is 10.1. The molecule has 10 nitrogen and oxygen atoms in total. The zero-order chi connectivity index (χ0) is 24.7. The number of anilines is 2. The number of rotatable bonds is 10. The summed E-state index contributed by atoms with van der Waals surface area (Å²) in [4.78, 5) is 24.9. The van der Waals surface area contributed by atoms with Gasteiger partial charge in [-0.2, -0.15) is 8.42 Å². The summed E-state index contributed by atoms with van der Waals surface area (Å²) in [7, 11) is -2.63. The molecule has 3 aromatic rings. The van der Waals surface area contributed by atoms with Crippen molar-refractivity contribution >= 4 is 67.2 Å². The van der Waals surface area contributed by atoms with Crippen molar-refractivity contribution in [3.63, 3.8) is 0 Å². The third-order valence-corrected chi connectivity index (χ3v) is 7.38. The molecule has 2 aromatic carbocycles. The monoisotopic (exact) mass is 543 g/mol. The van der Waals surface area contributed by atoms with E-state index in [9.17, 15) is 18.0 Å². The number of nitrogens with one attached hydrogen (secondary N) is 3. The number of hydrogen-bond acceptors (Lipinski definition) is 8. The second kappa shape index (κ2) is 11.6. The Balaban J connectivity index is 1.72. The fourth-order valence-electron chi connectivity index (χ4n) is 2.68. The van der Waals surface area contributed by atoms with E-state index in [1.807, 2.05) is 0 Å². The molecule has 0 aliphatic heterocycles. The van der Waals surface area contributed by atoms with Crippen LogP contribution >= 0.6 is 34.5 Å². The second-order valence-corrected chi connectivity index (χ2v) is 10.4. The van der Waals surface area contributed by atoms with Gasteiger partial charge in [0.2, 0.25) is 5.13 Å². The van der Waals surface area contributed by atoms with Crippen LogP contribution in [0.1, 0.15) is 27.1 Å². The minimum absolute atomic E-state index is 0.0550. The Bertz CT molecular complexity index is 1300. The number of hydrogen-bond donors (Lipinski definition) is 3. The van der Waals surface area contributed by atoms with Crippen LogP contribution in [0.3, 0.4) is 0 Å². The van der Waals surface area contributed by atoms with Crippen LogP contribution in [0.2, 0.25) is 10.0 Å². The van der Waals surface area contributed by atoms with Crippen molar-refractivity contribution in [2.45, 2.75) is 10.8 Å². The smallest absolute Gasteiger partial charge is 0.291 e. The van der Waals surface area contributed by atoms with E-state index in [2.05, 4.69) is 25.6 Å². The zero-order valence-corrected chi connectivity index (χ0v) is 20.8. The minimum atomic E-state index is -4.19. The lowest BCUT2D eigenvalue weighted by Crippen LogP contribution is -2.26. The maximum Gasteiger partial charge on any atom is 0.291 e. The van der Waals surface area contributed by atoms with Crippen LogP contribution in [0.4, 0.5) is 10.8 Å². The van der Waals surface area contributed by atoms with Crippen molar-refractivity contribution in [1.82, 2.24) is 15.5 Å². The number of methoxy groups -OCH3 is 1. The first kappa shape index (κ1) is 25.8. The number of nitrogens with zero attached hydrogens (tertiary/aromatic N) is 2. The number of benzene rings is 2. The average Bonchev–Trinajstić information content (AvgIpc) is 3.26. The molecule has 0 radical (unpaired) electrons. The normalized spacial score (nSPS) is 11.1. The van der Waals surface area contributed by atoms with Gasteiger partial charge in [-0.25, -0.2) is 0 Å². The predicted molar refractivity (Wildman–Crippen MR) is 130 cm³/mol. The van der Waals surface area contributed by atoms with Crippen molar-refractivity contribution in [3.8, 4) is 0 Å². The molecule has 1 heterocycles. The number of carbonyl (C=O) groups is 2. The van der Waals surface area contributed by atoms with E-state index in [-0.39, 0.29) is 27.0 Å². The number of carbonyl (C=O) groups excluding carboxylic acids is 2. The molecule has 180 valence electrons. The van der Waals surface area contributed by atoms with Crippen LogP contribution in [-0.4, -0.2) is 50.7 Å². The Morgan fingerprint density at radius 1 is 1.06 bits per heavy atom. The Morgan fingerprint density at radius 3 is 2.56 bits per heavy atom. The second-order valence-electron chi connectivity index (χ2n) is 6.70. The first-order valence-electron chi connectivity index (χ1n) is 9.70. The van der Waals surface area contributed by atoms with Crippen molar-refractivity contribution in [2.24, 2.45) is 0 Å². The van der Waals surface area contributed by atoms with E-state index >= 15 is 0 Å². The van der Waals surface area contributed by atoms with Gasteiger partial charge in [-0.1, -0.05) is 46.7 Å². The number of amides is 2. The third-order valence-electron chi connectivity index (χ3n) is 4.26. The summed E-state index contributed by atoms with van der Waals surface area (Å²) >= 11 is 12.5. The number of ether oxygens (including phenoxy) is 1. The molecule has 0 unspecified atom stereocenters. The average molecular weight is 544 g/mol. The summed E-state index contributed by atoms with van der Waals surface area (Å²) < 4.78 is 32.6. The number of sulfonamides is 1. The molecule has 1 aromatic heterocycles. The van der Waals surface area contributed by atoms with Crippen molar-refractivity contribution in [3.05, 3.63) is 63.6 Å². The van der Waals surface area contributed by atoms with Gasteiger partial charge in [0.15, 0.2) is 0 Å². The molecule has 0 fully saturated rings. The maximum absolute atomic E-state index is 12.8. The highest BCUT2D eigenvalue weighted by molar-refractivity contribution is 7.94. The van der Waals surface area contributed by atoms with E-state index in [4.69, 9.17) is 27.9 Å². The number of halogens is 2. The molecule has 0 bridgehead atoms. The molecule has 34 heavy (non-hydrogen) atoms. The van der Waals surface area contributed by atoms with Gasteiger partial charge in [0.25, 0.3) is 26.2 Å². The Labute approximate surface area is 209 Å². The Kier molecular flexibility index (Phi) is 8.80. The van der Waals surface area contributed by atoms with Crippen molar-refractivity contribution < 1.29 is 22.7 Å². The van der Waals surface area contributed by atoms with E-state index in [1.54, 1.807) is 19.2 Å². The summed E-state index contributed by atoms with van der Waals surface area (Å²) in [5, 5.41) is 12.9. The van der Waals surface area contributed by atoms with Gasteiger partial charge in [0, 0.05) is 25.3 Å². The molecular formula is C20H19Cl2N5O5S2. The van der Waals surface area contributed by atoms with Crippen LogP contribution in [0.15, 0.2) is 46.8 Å². The Morgan fingerprint density at radius 2 is 1.82 bits per heavy atom. The first-order valence-corrected chi connectivity index (χ1v) is 12.8. The van der Waals surface area contributed by atoms with Gasteiger partial charge < -0.3 is 10.1 Å². The molecule has 0 aliphatic rings. The fraction of sp³-hybridized carbons (Fsp3) is 0.200. The van der Waals surface area contributed by atoms with E-state index < -0.39 is 26.2 Å². The van der Waals surface area contributed by atoms with Gasteiger partial charge in [0.05, 0.1) is 21.8 Å². The summed E-state index contributed by atoms with van der Waals surface area (Å²) in [5.41, 5.74) is 0.341. The zero-order valence-electron chi connectivity index (χ0n) is 17.7. The maximum atomic E-state index is 12.8. The molecule has 0 spiro atoms. The predicted octanol–water partition coefficient (Wildman–Crippen LogP) is 3.66. The molecule has 3 N–H and O–H groups in total. The highest BCUT2D eigenvalue weighted by Gasteiger charge is 2.24. The van der Waals surface area contributed by atoms with Crippen molar-refractivity contribution in [2.75, 3.05) is 30.3 Å². The minimum Gasteiger partial charge on any atom is -0.385 e. The molecule has 14 heteroatoms. The Hall–Kier alpha value is -2.77. The summed E-state index contributed by atoms with van der Waals surface area (Å²) in [5.74, 6) is -1.05. The highest BCUT2D eigenvalue weighted by Crippen LogP contribution is 2.26. The van der Waals surface area contributed by atoms with E-state index in [1.165, 1.54) is 30.3 Å². The largest absolute Gasteiger partial charge is 0.385 e. The van der Waals surface area contributed by atoms with Crippen LogP contribution in [0, 0.1) is 0 Å². The standard InChI is InChI=1S/C20H19Cl2N5O5S2/c1-32-10-4-9-23-17(28)14-5-2-3-6-16(14)27-34(30,31)20-26-25-19(33-20)24-18(29)13-8-7-12(21)11-15(13)22/h2-3,5-8,11,27H,4,9-10H2,1H3,(H,23,28)(H,24,25,29). The van der Waals surface area contributed by atoms with Crippen LogP contribution in [0.5, 0.6) is 0 Å². The SMILES string of the molecule is COCCCNC(=O)c1ccccc1NS(=O)(=O)c1nnc(NC(=O)c2ccc(Cl)cc2Cl)s1. The van der Waals surface area contributed by atoms with Gasteiger partial charge in [-0.15, -0.1) is 10.2 Å². The highest BCUT2D eigenvalue weighted by atomic mass is 35.5. The van der Waals surface area contributed by atoms with Crippen LogP contribution in [-0.2, 0) is 14.8 Å². The summed E-state index contributed by atoms with van der Waals surface area (Å²) in [6.07, 6.45) is 0.608. The molecule has 2 amide bonds. The number of aromatic nitrogens is 2. The van der Waals surface area contributed by atoms with Gasteiger partial charge in [-0.05, 0) is 36.8 Å². The number of para-hydroxylation sites is 1. The molecule has 0 aliphatic carbocycles. The van der Waals surface area contributed by atoms with E-state index in [0.717, 1.165) is 0 Å². The third kappa shape index (κ3) is 6.64. The van der Waals surface area contributed by atoms with Gasteiger partial charge >= 0.3 is 0 Å². The molecular weight excluding hydrogens is 525 g/mol. The molecule has 0 atom stereocenters. The van der Waals surface area contributed by atoms with Crippen LogP contribution in [0.25, 0.3) is 0 Å².